The lowest BCUT2D eigenvalue weighted by Gasteiger charge is -2.15. The Morgan fingerprint density at radius 3 is 2.61 bits per heavy atom. The topological polar surface area (TPSA) is 12.0 Å². The van der Waals surface area contributed by atoms with Crippen molar-refractivity contribution < 1.29 is 0 Å². The Morgan fingerprint density at radius 1 is 1.11 bits per heavy atom. The van der Waals surface area contributed by atoms with Crippen LogP contribution in [0, 0.1) is 6.92 Å². The van der Waals surface area contributed by atoms with Gasteiger partial charge in [0.1, 0.15) is 0 Å². The van der Waals surface area contributed by atoms with E-state index in [-0.39, 0.29) is 0 Å². The molecule has 1 unspecified atom stereocenters. The second-order valence-electron chi connectivity index (χ2n) is 4.61. The van der Waals surface area contributed by atoms with Crippen LogP contribution in [0.4, 0.5) is 0 Å². The second kappa shape index (κ2) is 6.03. The van der Waals surface area contributed by atoms with Crippen molar-refractivity contribution in [2.45, 2.75) is 26.4 Å². The SMILES string of the molecule is Cc1cccc(C(C)NCc2ccccc2Cl)c1. The third-order valence-corrected chi connectivity index (χ3v) is 3.47. The largest absolute Gasteiger partial charge is 0.306 e. The number of rotatable bonds is 4. The molecule has 0 saturated carbocycles. The standard InChI is InChI=1S/C16H18ClN/c1-12-6-5-8-14(10-12)13(2)18-11-15-7-3-4-9-16(15)17/h3-10,13,18H,11H2,1-2H3. The quantitative estimate of drug-likeness (QED) is 0.853. The van der Waals surface area contributed by atoms with E-state index in [1.54, 1.807) is 0 Å². The van der Waals surface area contributed by atoms with E-state index in [9.17, 15) is 0 Å². The highest BCUT2D eigenvalue weighted by molar-refractivity contribution is 6.31. The summed E-state index contributed by atoms with van der Waals surface area (Å²) in [6, 6.07) is 16.8. The van der Waals surface area contributed by atoms with Crippen molar-refractivity contribution in [2.24, 2.45) is 0 Å². The van der Waals surface area contributed by atoms with Crippen LogP contribution < -0.4 is 5.32 Å². The van der Waals surface area contributed by atoms with Gasteiger partial charge in [-0.3, -0.25) is 0 Å². The molecule has 0 fully saturated rings. The monoisotopic (exact) mass is 259 g/mol. The number of benzene rings is 2. The highest BCUT2D eigenvalue weighted by Gasteiger charge is 2.06. The fourth-order valence-electron chi connectivity index (χ4n) is 1.96. The van der Waals surface area contributed by atoms with Gasteiger partial charge < -0.3 is 5.32 Å². The lowest BCUT2D eigenvalue weighted by Crippen LogP contribution is -2.18. The molecule has 0 bridgehead atoms. The Morgan fingerprint density at radius 2 is 1.89 bits per heavy atom. The van der Waals surface area contributed by atoms with Crippen molar-refractivity contribution in [3.8, 4) is 0 Å². The maximum atomic E-state index is 6.14. The first-order valence-electron chi connectivity index (χ1n) is 6.20. The van der Waals surface area contributed by atoms with Crippen LogP contribution in [0.25, 0.3) is 0 Å². The van der Waals surface area contributed by atoms with Gasteiger partial charge in [0.2, 0.25) is 0 Å². The predicted octanol–water partition coefficient (Wildman–Crippen LogP) is 4.50. The zero-order valence-corrected chi connectivity index (χ0v) is 11.5. The molecule has 0 spiro atoms. The summed E-state index contributed by atoms with van der Waals surface area (Å²) in [7, 11) is 0. The van der Waals surface area contributed by atoms with Crippen LogP contribution in [-0.4, -0.2) is 0 Å². The van der Waals surface area contributed by atoms with Crippen LogP contribution in [0.5, 0.6) is 0 Å². The summed E-state index contributed by atoms with van der Waals surface area (Å²) in [5.41, 5.74) is 3.74. The van der Waals surface area contributed by atoms with Crippen molar-refractivity contribution >= 4 is 11.6 Å². The van der Waals surface area contributed by atoms with E-state index in [1.807, 2.05) is 18.2 Å². The van der Waals surface area contributed by atoms with Gasteiger partial charge in [-0.1, -0.05) is 59.6 Å². The molecule has 2 heteroatoms. The smallest absolute Gasteiger partial charge is 0.0450 e. The second-order valence-corrected chi connectivity index (χ2v) is 5.02. The number of halogens is 1. The van der Waals surface area contributed by atoms with Crippen molar-refractivity contribution in [3.05, 3.63) is 70.2 Å². The summed E-state index contributed by atoms with van der Waals surface area (Å²) in [6.07, 6.45) is 0. The zero-order chi connectivity index (χ0) is 13.0. The normalized spacial score (nSPS) is 12.4. The molecule has 0 radical (unpaired) electrons. The van der Waals surface area contributed by atoms with E-state index in [2.05, 4.69) is 49.5 Å². The van der Waals surface area contributed by atoms with Gasteiger partial charge in [-0.05, 0) is 31.0 Å². The molecule has 1 atom stereocenters. The molecule has 1 N–H and O–H groups in total. The summed E-state index contributed by atoms with van der Waals surface area (Å²) in [5, 5.41) is 4.32. The summed E-state index contributed by atoms with van der Waals surface area (Å²) in [4.78, 5) is 0. The van der Waals surface area contributed by atoms with Gasteiger partial charge in [-0.15, -0.1) is 0 Å². The van der Waals surface area contributed by atoms with Gasteiger partial charge in [-0.2, -0.15) is 0 Å². The lowest BCUT2D eigenvalue weighted by atomic mass is 10.1. The average Bonchev–Trinajstić information content (AvgIpc) is 2.37. The van der Waals surface area contributed by atoms with Gasteiger partial charge in [-0.25, -0.2) is 0 Å². The molecule has 0 heterocycles. The maximum Gasteiger partial charge on any atom is 0.0450 e. The number of hydrogen-bond donors (Lipinski definition) is 1. The third kappa shape index (κ3) is 3.34. The Labute approximate surface area is 114 Å². The molecule has 18 heavy (non-hydrogen) atoms. The van der Waals surface area contributed by atoms with Crippen LogP contribution in [-0.2, 0) is 6.54 Å². The summed E-state index contributed by atoms with van der Waals surface area (Å²) in [5.74, 6) is 0. The zero-order valence-electron chi connectivity index (χ0n) is 10.8. The third-order valence-electron chi connectivity index (χ3n) is 3.10. The average molecular weight is 260 g/mol. The van der Waals surface area contributed by atoms with Gasteiger partial charge in [0, 0.05) is 17.6 Å². The summed E-state index contributed by atoms with van der Waals surface area (Å²) in [6.45, 7) is 5.07. The van der Waals surface area contributed by atoms with Crippen molar-refractivity contribution in [1.29, 1.82) is 0 Å². The fraction of sp³-hybridized carbons (Fsp3) is 0.250. The first kappa shape index (κ1) is 13.1. The van der Waals surface area contributed by atoms with Gasteiger partial charge in [0.15, 0.2) is 0 Å². The van der Waals surface area contributed by atoms with E-state index in [1.165, 1.54) is 11.1 Å². The van der Waals surface area contributed by atoms with E-state index >= 15 is 0 Å². The molecule has 0 amide bonds. The molecule has 0 saturated heterocycles. The molecule has 0 aliphatic carbocycles. The van der Waals surface area contributed by atoms with Crippen molar-refractivity contribution in [1.82, 2.24) is 5.32 Å². The van der Waals surface area contributed by atoms with Crippen LogP contribution in [0.1, 0.15) is 29.7 Å². The molecule has 0 aliphatic heterocycles. The molecule has 2 aromatic carbocycles. The van der Waals surface area contributed by atoms with E-state index < -0.39 is 0 Å². The van der Waals surface area contributed by atoms with Gasteiger partial charge in [0.25, 0.3) is 0 Å². The molecule has 1 nitrogen and oxygen atoms in total. The van der Waals surface area contributed by atoms with E-state index in [0.29, 0.717) is 6.04 Å². The van der Waals surface area contributed by atoms with Crippen LogP contribution in [0.2, 0.25) is 5.02 Å². The minimum atomic E-state index is 0.321. The van der Waals surface area contributed by atoms with Crippen LogP contribution in [0.3, 0.4) is 0 Å². The van der Waals surface area contributed by atoms with Crippen LogP contribution >= 0.6 is 11.6 Å². The number of nitrogens with one attached hydrogen (secondary N) is 1. The molecular formula is C16H18ClN. The van der Waals surface area contributed by atoms with Crippen LogP contribution in [0.15, 0.2) is 48.5 Å². The molecule has 2 aromatic rings. The van der Waals surface area contributed by atoms with Gasteiger partial charge in [0.05, 0.1) is 0 Å². The molecule has 0 aromatic heterocycles. The Bertz CT molecular complexity index is 522. The summed E-state index contributed by atoms with van der Waals surface area (Å²) >= 11 is 6.14. The van der Waals surface area contributed by atoms with Gasteiger partial charge >= 0.3 is 0 Å². The predicted molar refractivity (Wildman–Crippen MR) is 77.9 cm³/mol. The first-order chi connectivity index (χ1) is 8.66. The number of aryl methyl sites for hydroxylation is 1. The Hall–Kier alpha value is -1.31. The fourth-order valence-corrected chi connectivity index (χ4v) is 2.16. The minimum absolute atomic E-state index is 0.321. The van der Waals surface area contributed by atoms with E-state index in [0.717, 1.165) is 17.1 Å². The Balaban J connectivity index is 2.00. The van der Waals surface area contributed by atoms with E-state index in [4.69, 9.17) is 11.6 Å². The highest BCUT2D eigenvalue weighted by Crippen LogP contribution is 2.18. The minimum Gasteiger partial charge on any atom is -0.306 e. The van der Waals surface area contributed by atoms with Crippen molar-refractivity contribution in [3.63, 3.8) is 0 Å². The maximum absolute atomic E-state index is 6.14. The highest BCUT2D eigenvalue weighted by atomic mass is 35.5. The molecule has 0 aliphatic rings. The Kier molecular flexibility index (Phi) is 4.40. The first-order valence-corrected chi connectivity index (χ1v) is 6.58. The van der Waals surface area contributed by atoms with Crippen molar-refractivity contribution in [2.75, 3.05) is 0 Å². The molecule has 94 valence electrons. The lowest BCUT2D eigenvalue weighted by molar-refractivity contribution is 0.574. The molecule has 2 rings (SSSR count). The molecular weight excluding hydrogens is 242 g/mol. The summed E-state index contributed by atoms with van der Waals surface area (Å²) < 4.78 is 0. The number of hydrogen-bond acceptors (Lipinski definition) is 1.